The smallest absolute Gasteiger partial charge is 0.240 e. The highest BCUT2D eigenvalue weighted by Gasteiger charge is 2.43. The fourth-order valence-electron chi connectivity index (χ4n) is 7.68. The minimum absolute atomic E-state index is 0.0368. The molecule has 5 aliphatic rings. The highest BCUT2D eigenvalue weighted by Crippen LogP contribution is 2.46. The lowest BCUT2D eigenvalue weighted by Gasteiger charge is -2.22. The quantitative estimate of drug-likeness (QED) is 0.507. The van der Waals surface area contributed by atoms with Crippen LogP contribution in [0.4, 0.5) is 0 Å². The van der Waals surface area contributed by atoms with Crippen molar-refractivity contribution < 1.29 is 21.6 Å². The molecule has 4 saturated carbocycles. The van der Waals surface area contributed by atoms with Gasteiger partial charge in [-0.3, -0.25) is 4.79 Å². The van der Waals surface area contributed by atoms with Crippen LogP contribution in [0.15, 0.2) is 46.2 Å². The van der Waals surface area contributed by atoms with Gasteiger partial charge in [0, 0.05) is 23.2 Å². The predicted molar refractivity (Wildman–Crippen MR) is 134 cm³/mol. The highest BCUT2D eigenvalue weighted by atomic mass is 32.2. The standard InChI is InChI=1S/C27H30N2O5S2/c30-27-23-13-19(35(31,32)28-25-11-15-1-3-17(25)9-15)5-7-21(23)22-8-6-20(14-24(22)27)36(33,34)29-26-12-16-2-4-18(26)10-16/h5-8,13-18,25-26,28-29H,1-4,9-12H2. The van der Waals surface area contributed by atoms with Gasteiger partial charge in [-0.15, -0.1) is 0 Å². The van der Waals surface area contributed by atoms with Crippen LogP contribution in [0, 0.1) is 23.7 Å². The summed E-state index contributed by atoms with van der Waals surface area (Å²) >= 11 is 0. The second-order valence-electron chi connectivity index (χ2n) is 11.5. The van der Waals surface area contributed by atoms with Gasteiger partial charge >= 0.3 is 0 Å². The SMILES string of the molecule is O=C1c2cc(S(=O)(=O)NC3CC4CCC3C4)ccc2-c2ccc(S(=O)(=O)NC3CC4CCC3C4)cc21. The van der Waals surface area contributed by atoms with E-state index >= 15 is 0 Å². The zero-order valence-electron chi connectivity index (χ0n) is 19.9. The largest absolute Gasteiger partial charge is 0.289 e. The molecule has 0 heterocycles. The van der Waals surface area contributed by atoms with E-state index in [1.54, 1.807) is 12.1 Å². The van der Waals surface area contributed by atoms with Gasteiger partial charge < -0.3 is 0 Å². The number of benzene rings is 2. The number of fused-ring (bicyclic) bond motifs is 7. The number of hydrogen-bond acceptors (Lipinski definition) is 5. The van der Waals surface area contributed by atoms with Crippen LogP contribution >= 0.6 is 0 Å². The maximum atomic E-state index is 13.3. The molecule has 0 aliphatic heterocycles. The Morgan fingerprint density at radius 3 is 1.39 bits per heavy atom. The Hall–Kier alpha value is -2.07. The molecule has 190 valence electrons. The molecule has 6 unspecified atom stereocenters. The molecule has 5 aliphatic carbocycles. The maximum absolute atomic E-state index is 13.3. The molecule has 6 atom stereocenters. The van der Waals surface area contributed by atoms with E-state index in [0.717, 1.165) is 38.5 Å². The fraction of sp³-hybridized carbons (Fsp3) is 0.519. The van der Waals surface area contributed by atoms with Crippen molar-refractivity contribution in [1.29, 1.82) is 0 Å². The summed E-state index contributed by atoms with van der Waals surface area (Å²) in [5.74, 6) is 1.69. The molecule has 36 heavy (non-hydrogen) atoms. The summed E-state index contributed by atoms with van der Waals surface area (Å²) in [7, 11) is -7.51. The van der Waals surface area contributed by atoms with Crippen LogP contribution < -0.4 is 9.44 Å². The molecule has 0 spiro atoms. The number of nitrogens with one attached hydrogen (secondary N) is 2. The molecular weight excluding hydrogens is 496 g/mol. The molecule has 0 saturated heterocycles. The monoisotopic (exact) mass is 526 g/mol. The molecule has 2 N–H and O–H groups in total. The van der Waals surface area contributed by atoms with E-state index in [0.29, 0.717) is 45.9 Å². The molecular formula is C27H30N2O5S2. The van der Waals surface area contributed by atoms with E-state index < -0.39 is 20.0 Å². The van der Waals surface area contributed by atoms with Crippen molar-refractivity contribution in [2.75, 3.05) is 0 Å². The third kappa shape index (κ3) is 3.61. The molecule has 0 radical (unpaired) electrons. The lowest BCUT2D eigenvalue weighted by Crippen LogP contribution is -2.38. The first kappa shape index (κ1) is 23.1. The van der Waals surface area contributed by atoms with Crippen molar-refractivity contribution in [3.8, 4) is 11.1 Å². The summed E-state index contributed by atoms with van der Waals surface area (Å²) in [6, 6.07) is 9.21. The Kier molecular flexibility index (Phi) is 5.10. The van der Waals surface area contributed by atoms with Gasteiger partial charge in [0.1, 0.15) is 0 Å². The van der Waals surface area contributed by atoms with E-state index in [4.69, 9.17) is 0 Å². The normalized spacial score (nSPS) is 32.3. The lowest BCUT2D eigenvalue weighted by molar-refractivity contribution is 0.104. The molecule has 7 nitrogen and oxygen atoms in total. The Morgan fingerprint density at radius 2 is 1.03 bits per heavy atom. The first-order valence-electron chi connectivity index (χ1n) is 13.1. The molecule has 4 fully saturated rings. The van der Waals surface area contributed by atoms with Crippen molar-refractivity contribution in [3.05, 3.63) is 47.5 Å². The number of ketones is 1. The Bertz CT molecular complexity index is 1390. The van der Waals surface area contributed by atoms with Crippen molar-refractivity contribution in [2.45, 2.75) is 73.2 Å². The zero-order valence-corrected chi connectivity index (χ0v) is 21.6. The number of carbonyl (C=O) groups excluding carboxylic acids is 1. The van der Waals surface area contributed by atoms with Gasteiger partial charge in [0.15, 0.2) is 5.78 Å². The zero-order chi connectivity index (χ0) is 24.8. The minimum Gasteiger partial charge on any atom is -0.289 e. The Labute approximate surface area is 212 Å². The van der Waals surface area contributed by atoms with Crippen LogP contribution in [0.2, 0.25) is 0 Å². The van der Waals surface area contributed by atoms with E-state index in [-0.39, 0.29) is 27.7 Å². The summed E-state index contributed by atoms with van der Waals surface area (Å²) in [5, 5.41) is 0. The predicted octanol–water partition coefficient (Wildman–Crippen LogP) is 3.83. The van der Waals surface area contributed by atoms with E-state index in [1.165, 1.54) is 37.1 Å². The van der Waals surface area contributed by atoms with Gasteiger partial charge in [0.2, 0.25) is 20.0 Å². The van der Waals surface area contributed by atoms with E-state index in [9.17, 15) is 21.6 Å². The van der Waals surface area contributed by atoms with Crippen molar-refractivity contribution in [3.63, 3.8) is 0 Å². The second kappa shape index (κ2) is 7.96. The topological polar surface area (TPSA) is 109 Å². The average Bonchev–Trinajstić information content (AvgIpc) is 3.67. The summed E-state index contributed by atoms with van der Waals surface area (Å²) in [6.45, 7) is 0. The molecule has 2 aromatic carbocycles. The van der Waals surface area contributed by atoms with Crippen LogP contribution in [0.3, 0.4) is 0 Å². The van der Waals surface area contributed by atoms with Crippen LogP contribution in [-0.2, 0) is 20.0 Å². The lowest BCUT2D eigenvalue weighted by atomic mass is 9.96. The molecule has 0 aromatic heterocycles. The Balaban J connectivity index is 1.15. The second-order valence-corrected chi connectivity index (χ2v) is 15.0. The van der Waals surface area contributed by atoms with E-state index in [1.807, 2.05) is 0 Å². The fourth-order valence-corrected chi connectivity index (χ4v) is 10.4. The third-order valence-corrected chi connectivity index (χ3v) is 12.4. The minimum atomic E-state index is -3.76. The van der Waals surface area contributed by atoms with Crippen LogP contribution in [0.5, 0.6) is 0 Å². The van der Waals surface area contributed by atoms with Crippen molar-refractivity contribution in [1.82, 2.24) is 9.44 Å². The Morgan fingerprint density at radius 1 is 0.583 bits per heavy atom. The summed E-state index contributed by atoms with van der Waals surface area (Å²) in [4.78, 5) is 13.5. The molecule has 9 heteroatoms. The van der Waals surface area contributed by atoms with Crippen LogP contribution in [0.25, 0.3) is 11.1 Å². The van der Waals surface area contributed by atoms with Crippen LogP contribution in [0.1, 0.15) is 67.3 Å². The van der Waals surface area contributed by atoms with Gasteiger partial charge in [0.05, 0.1) is 9.79 Å². The number of sulfonamides is 2. The van der Waals surface area contributed by atoms with Gasteiger partial charge in [-0.25, -0.2) is 26.3 Å². The van der Waals surface area contributed by atoms with Gasteiger partial charge in [-0.2, -0.15) is 0 Å². The number of hydrogen-bond donors (Lipinski definition) is 2. The summed E-state index contributed by atoms with van der Waals surface area (Å²) in [6.07, 6.45) is 8.45. The third-order valence-electron chi connectivity index (χ3n) is 9.47. The molecule has 0 amide bonds. The summed E-state index contributed by atoms with van der Waals surface area (Å²) < 4.78 is 58.3. The van der Waals surface area contributed by atoms with Crippen molar-refractivity contribution >= 4 is 25.8 Å². The highest BCUT2D eigenvalue weighted by molar-refractivity contribution is 7.89. The van der Waals surface area contributed by atoms with Crippen molar-refractivity contribution in [2.24, 2.45) is 23.7 Å². The number of rotatable bonds is 6. The van der Waals surface area contributed by atoms with E-state index in [2.05, 4.69) is 9.44 Å². The number of carbonyl (C=O) groups is 1. The van der Waals surface area contributed by atoms with Crippen LogP contribution in [-0.4, -0.2) is 34.7 Å². The van der Waals surface area contributed by atoms with Gasteiger partial charge in [-0.1, -0.05) is 25.0 Å². The molecule has 7 rings (SSSR count). The maximum Gasteiger partial charge on any atom is 0.240 e. The van der Waals surface area contributed by atoms with Gasteiger partial charge in [0.25, 0.3) is 0 Å². The molecule has 4 bridgehead atoms. The summed E-state index contributed by atoms with van der Waals surface area (Å²) in [5.41, 5.74) is 1.88. The first-order chi connectivity index (χ1) is 17.2. The van der Waals surface area contributed by atoms with Gasteiger partial charge in [-0.05, 0) is 97.6 Å². The first-order valence-corrected chi connectivity index (χ1v) is 16.0. The average molecular weight is 527 g/mol. The molecule has 2 aromatic rings.